The third-order valence-electron chi connectivity index (χ3n) is 5.95. The molecule has 1 aliphatic heterocycles. The van der Waals surface area contributed by atoms with E-state index in [1.54, 1.807) is 11.3 Å². The summed E-state index contributed by atoms with van der Waals surface area (Å²) in [6.07, 6.45) is 5.76. The van der Waals surface area contributed by atoms with Crippen LogP contribution in [-0.4, -0.2) is 32.5 Å². The van der Waals surface area contributed by atoms with Crippen molar-refractivity contribution >= 4 is 11.3 Å². The highest BCUT2D eigenvalue weighted by Crippen LogP contribution is 2.35. The lowest BCUT2D eigenvalue weighted by Crippen LogP contribution is -2.36. The molecule has 152 valence electrons. The summed E-state index contributed by atoms with van der Waals surface area (Å²) in [6, 6.07) is 0.948. The molecule has 5 nitrogen and oxygen atoms in total. The average Bonchev–Trinajstić information content (AvgIpc) is 3.36. The number of rotatable bonds is 6. The van der Waals surface area contributed by atoms with Crippen molar-refractivity contribution in [3.05, 3.63) is 44.5 Å². The van der Waals surface area contributed by atoms with E-state index in [9.17, 15) is 13.6 Å². The molecule has 0 aromatic carbocycles. The predicted molar refractivity (Wildman–Crippen MR) is 105 cm³/mol. The number of aromatic nitrogens is 3. The fourth-order valence-electron chi connectivity index (χ4n) is 4.29. The number of nitrogens with zero attached hydrogens (tertiary/aromatic N) is 4. The van der Waals surface area contributed by atoms with Crippen LogP contribution in [0.25, 0.3) is 0 Å². The molecule has 2 aromatic heterocycles. The van der Waals surface area contributed by atoms with Crippen molar-refractivity contribution in [2.45, 2.75) is 64.0 Å². The molecule has 0 N–H and O–H groups in total. The van der Waals surface area contributed by atoms with Crippen LogP contribution >= 0.6 is 11.3 Å². The van der Waals surface area contributed by atoms with Gasteiger partial charge in [-0.15, -0.1) is 11.3 Å². The topological polar surface area (TPSA) is 51.0 Å². The van der Waals surface area contributed by atoms with Crippen molar-refractivity contribution in [2.75, 3.05) is 13.1 Å². The Morgan fingerprint density at radius 3 is 2.61 bits per heavy atom. The van der Waals surface area contributed by atoms with Gasteiger partial charge in [0.25, 0.3) is 12.0 Å². The number of halogens is 2. The second-order valence-corrected chi connectivity index (χ2v) is 8.87. The van der Waals surface area contributed by atoms with Gasteiger partial charge in [-0.3, -0.25) is 14.3 Å². The highest BCUT2D eigenvalue weighted by molar-refractivity contribution is 7.09. The highest BCUT2D eigenvalue weighted by atomic mass is 32.1. The van der Waals surface area contributed by atoms with Crippen molar-refractivity contribution in [1.29, 1.82) is 0 Å². The Morgan fingerprint density at radius 1 is 1.18 bits per heavy atom. The molecule has 8 heteroatoms. The van der Waals surface area contributed by atoms with Crippen LogP contribution in [0.5, 0.6) is 0 Å². The van der Waals surface area contributed by atoms with Crippen LogP contribution in [-0.2, 0) is 13.1 Å². The van der Waals surface area contributed by atoms with Crippen LogP contribution in [0.4, 0.5) is 8.78 Å². The number of hydrogen-bond donors (Lipinski definition) is 0. The average molecular weight is 409 g/mol. The zero-order chi connectivity index (χ0) is 19.5. The minimum Gasteiger partial charge on any atom is -0.299 e. The molecule has 3 heterocycles. The minimum atomic E-state index is -2.70. The molecule has 0 radical (unpaired) electrons. The molecule has 2 aliphatic rings. The summed E-state index contributed by atoms with van der Waals surface area (Å²) in [5.74, 6) is 1.05. The Bertz CT molecular complexity index is 839. The molecule has 0 spiro atoms. The number of piperidine rings is 1. The molecular weight excluding hydrogens is 382 g/mol. The zero-order valence-electron chi connectivity index (χ0n) is 15.9. The van der Waals surface area contributed by atoms with Gasteiger partial charge in [-0.05, 0) is 44.7 Å². The quantitative estimate of drug-likeness (QED) is 0.719. The largest absolute Gasteiger partial charge is 0.299 e. The van der Waals surface area contributed by atoms with E-state index >= 15 is 0 Å². The van der Waals surface area contributed by atoms with Crippen molar-refractivity contribution in [3.8, 4) is 0 Å². The molecule has 1 saturated heterocycles. The fourth-order valence-corrected chi connectivity index (χ4v) is 5.27. The summed E-state index contributed by atoms with van der Waals surface area (Å²) in [6.45, 7) is 3.38. The zero-order valence-corrected chi connectivity index (χ0v) is 16.7. The maximum absolute atomic E-state index is 12.6. The second-order valence-electron chi connectivity index (χ2n) is 7.98. The number of thiazole rings is 1. The van der Waals surface area contributed by atoms with E-state index in [0.29, 0.717) is 18.4 Å². The van der Waals surface area contributed by atoms with Gasteiger partial charge in [-0.25, -0.2) is 18.7 Å². The van der Waals surface area contributed by atoms with Gasteiger partial charge in [-0.2, -0.15) is 0 Å². The van der Waals surface area contributed by atoms with Gasteiger partial charge in [-0.1, -0.05) is 12.8 Å². The van der Waals surface area contributed by atoms with Crippen LogP contribution in [0.15, 0.2) is 22.6 Å². The van der Waals surface area contributed by atoms with Crippen molar-refractivity contribution in [1.82, 2.24) is 19.4 Å². The first-order valence-corrected chi connectivity index (χ1v) is 11.0. The molecule has 2 fully saturated rings. The lowest BCUT2D eigenvalue weighted by Gasteiger charge is -2.31. The molecule has 2 aromatic rings. The smallest absolute Gasteiger partial charge is 0.280 e. The first kappa shape index (κ1) is 19.6. The Morgan fingerprint density at radius 2 is 1.93 bits per heavy atom. The lowest BCUT2D eigenvalue weighted by molar-refractivity contribution is 0.144. The first-order valence-electron chi connectivity index (χ1n) is 10.1. The second kappa shape index (κ2) is 8.78. The van der Waals surface area contributed by atoms with E-state index in [2.05, 4.69) is 15.3 Å². The van der Waals surface area contributed by atoms with E-state index in [0.717, 1.165) is 38.5 Å². The number of alkyl halides is 2. The third-order valence-corrected chi connectivity index (χ3v) is 7.00. The predicted octanol–water partition coefficient (Wildman–Crippen LogP) is 4.21. The van der Waals surface area contributed by atoms with Gasteiger partial charge in [0, 0.05) is 30.5 Å². The fraction of sp³-hybridized carbons (Fsp3) is 0.650. The Hall–Kier alpha value is -1.67. The van der Waals surface area contributed by atoms with Crippen LogP contribution in [0, 0.1) is 5.92 Å². The maximum Gasteiger partial charge on any atom is 0.280 e. The molecular formula is C20H26F2N4OS. The monoisotopic (exact) mass is 408 g/mol. The van der Waals surface area contributed by atoms with Crippen molar-refractivity contribution in [2.24, 2.45) is 5.92 Å². The minimum absolute atomic E-state index is 0.373. The number of hydrogen-bond acceptors (Lipinski definition) is 5. The standard InChI is InChI=1S/C20H26F2N4OS/c21-19(22)17-9-18(27)26(13-23-17)10-14-5-7-25(8-6-14)11-16-12-28-20(24-16)15-3-1-2-4-15/h9,12-15,19H,1-8,10-11H2. The Balaban J connectivity index is 1.27. The van der Waals surface area contributed by atoms with E-state index in [-0.39, 0.29) is 0 Å². The summed E-state index contributed by atoms with van der Waals surface area (Å²) in [4.78, 5) is 23.0. The van der Waals surface area contributed by atoms with Gasteiger partial charge in [0.05, 0.1) is 17.0 Å². The molecule has 1 saturated carbocycles. The lowest BCUT2D eigenvalue weighted by atomic mass is 9.96. The molecule has 0 bridgehead atoms. The van der Waals surface area contributed by atoms with Crippen molar-refractivity contribution in [3.63, 3.8) is 0 Å². The molecule has 0 atom stereocenters. The summed E-state index contributed by atoms with van der Waals surface area (Å²) < 4.78 is 26.7. The maximum atomic E-state index is 12.6. The van der Waals surface area contributed by atoms with E-state index in [4.69, 9.17) is 4.98 Å². The SMILES string of the molecule is O=c1cc(C(F)F)ncn1CC1CCN(Cc2csc(C3CCCC3)n2)CC1. The van der Waals surface area contributed by atoms with E-state index in [1.807, 2.05) is 0 Å². The van der Waals surface area contributed by atoms with E-state index in [1.165, 1.54) is 47.3 Å². The van der Waals surface area contributed by atoms with Crippen LogP contribution in [0.2, 0.25) is 0 Å². The number of likely N-dealkylation sites (tertiary alicyclic amines) is 1. The molecule has 4 rings (SSSR count). The normalized spacial score (nSPS) is 19.7. The summed E-state index contributed by atoms with van der Waals surface area (Å²) in [5, 5.41) is 3.51. The Kier molecular flexibility index (Phi) is 6.16. The molecule has 1 aliphatic carbocycles. The first-order chi connectivity index (χ1) is 13.6. The van der Waals surface area contributed by atoms with E-state index < -0.39 is 17.7 Å². The van der Waals surface area contributed by atoms with Gasteiger partial charge >= 0.3 is 0 Å². The van der Waals surface area contributed by atoms with Crippen LogP contribution < -0.4 is 5.56 Å². The highest BCUT2D eigenvalue weighted by Gasteiger charge is 2.23. The van der Waals surface area contributed by atoms with Gasteiger partial charge < -0.3 is 0 Å². The van der Waals surface area contributed by atoms with Gasteiger partial charge in [0.2, 0.25) is 0 Å². The van der Waals surface area contributed by atoms with Crippen LogP contribution in [0.3, 0.4) is 0 Å². The summed E-state index contributed by atoms with van der Waals surface area (Å²) in [7, 11) is 0. The molecule has 0 amide bonds. The Labute approximate surface area is 167 Å². The van der Waals surface area contributed by atoms with Crippen molar-refractivity contribution < 1.29 is 8.78 Å². The summed E-state index contributed by atoms with van der Waals surface area (Å²) in [5.41, 5.74) is 0.333. The van der Waals surface area contributed by atoms with Crippen LogP contribution in [0.1, 0.15) is 67.3 Å². The summed E-state index contributed by atoms with van der Waals surface area (Å²) >= 11 is 1.81. The van der Waals surface area contributed by atoms with Gasteiger partial charge in [0.1, 0.15) is 5.69 Å². The third kappa shape index (κ3) is 4.66. The molecule has 0 unspecified atom stereocenters. The van der Waals surface area contributed by atoms with Gasteiger partial charge in [0.15, 0.2) is 0 Å². The molecule has 28 heavy (non-hydrogen) atoms.